The molecule has 1 atom stereocenters. The third kappa shape index (κ3) is 4.44. The van der Waals surface area contributed by atoms with Gasteiger partial charge >= 0.3 is 0 Å². The molecule has 3 rings (SSSR count). The van der Waals surface area contributed by atoms with Crippen LogP contribution in [-0.2, 0) is 4.79 Å². The van der Waals surface area contributed by atoms with Gasteiger partial charge in [0.05, 0.1) is 10.6 Å². The van der Waals surface area contributed by atoms with E-state index < -0.39 is 0 Å². The molecule has 130 valence electrons. The second-order valence-corrected chi connectivity index (χ2v) is 7.83. The van der Waals surface area contributed by atoms with Crippen molar-refractivity contribution >= 4 is 34.7 Å². The molecular formula is C20H20ClNO2S. The maximum atomic E-state index is 12.5. The van der Waals surface area contributed by atoms with Crippen molar-refractivity contribution in [2.75, 3.05) is 5.75 Å². The number of pyridine rings is 1. The Morgan fingerprint density at radius 1 is 1.24 bits per heavy atom. The van der Waals surface area contributed by atoms with E-state index in [0.29, 0.717) is 29.0 Å². The Hall–Kier alpha value is -1.78. The molecule has 0 amide bonds. The maximum absolute atomic E-state index is 12.5. The molecule has 0 radical (unpaired) electrons. The quantitative estimate of drug-likeness (QED) is 0.705. The Morgan fingerprint density at radius 3 is 2.72 bits per heavy atom. The molecule has 1 aliphatic carbocycles. The van der Waals surface area contributed by atoms with Crippen LogP contribution in [0.5, 0.6) is 0 Å². The van der Waals surface area contributed by atoms with Gasteiger partial charge in [0, 0.05) is 29.6 Å². The van der Waals surface area contributed by atoms with Crippen molar-refractivity contribution in [1.29, 1.82) is 0 Å². The summed E-state index contributed by atoms with van der Waals surface area (Å²) in [5.74, 6) is 1.17. The lowest BCUT2D eigenvalue weighted by Gasteiger charge is -2.23. The smallest absolute Gasteiger partial charge is 0.167 e. The van der Waals surface area contributed by atoms with E-state index in [1.165, 1.54) is 0 Å². The monoisotopic (exact) mass is 373 g/mol. The summed E-state index contributed by atoms with van der Waals surface area (Å²) in [6, 6.07) is 11.2. The molecule has 5 heteroatoms. The van der Waals surface area contributed by atoms with Crippen LogP contribution in [0.25, 0.3) is 5.57 Å². The summed E-state index contributed by atoms with van der Waals surface area (Å²) in [5.41, 5.74) is 2.16. The van der Waals surface area contributed by atoms with E-state index >= 15 is 0 Å². The number of allylic oxidation sites excluding steroid dienone is 2. The molecule has 1 aromatic heterocycles. The summed E-state index contributed by atoms with van der Waals surface area (Å²) in [4.78, 5) is 16.9. The molecule has 1 heterocycles. The number of halogens is 1. The number of hydrogen-bond acceptors (Lipinski definition) is 4. The Morgan fingerprint density at radius 2 is 2.04 bits per heavy atom. The highest BCUT2D eigenvalue weighted by Crippen LogP contribution is 2.36. The van der Waals surface area contributed by atoms with Crippen molar-refractivity contribution in [3.63, 3.8) is 0 Å². The molecule has 1 N–H and O–H groups in total. The van der Waals surface area contributed by atoms with Crippen LogP contribution in [0.15, 0.2) is 53.4 Å². The number of aliphatic hydroxyl groups is 1. The molecule has 25 heavy (non-hydrogen) atoms. The molecule has 0 aliphatic heterocycles. The van der Waals surface area contributed by atoms with E-state index in [-0.39, 0.29) is 17.5 Å². The second-order valence-electron chi connectivity index (χ2n) is 6.31. The van der Waals surface area contributed by atoms with Crippen LogP contribution >= 0.6 is 23.4 Å². The summed E-state index contributed by atoms with van der Waals surface area (Å²) >= 11 is 7.86. The number of benzene rings is 1. The lowest BCUT2D eigenvalue weighted by Crippen LogP contribution is -2.19. The molecule has 0 saturated heterocycles. The Kier molecular flexibility index (Phi) is 5.82. The van der Waals surface area contributed by atoms with Gasteiger partial charge in [0.25, 0.3) is 0 Å². The van der Waals surface area contributed by atoms with Gasteiger partial charge in [-0.25, -0.2) is 4.98 Å². The van der Waals surface area contributed by atoms with E-state index in [2.05, 4.69) is 4.98 Å². The topological polar surface area (TPSA) is 50.2 Å². The van der Waals surface area contributed by atoms with Crippen molar-refractivity contribution in [3.05, 3.63) is 64.5 Å². The number of ketones is 1. The fourth-order valence-corrected chi connectivity index (χ4v) is 4.20. The lowest BCUT2D eigenvalue weighted by atomic mass is 9.83. The minimum atomic E-state index is -0.0275. The van der Waals surface area contributed by atoms with Crippen LogP contribution in [0.2, 0.25) is 5.02 Å². The predicted octanol–water partition coefficient (Wildman–Crippen LogP) is 5.47. The fraction of sp³-hybridized carbons (Fsp3) is 0.300. The average Bonchev–Trinajstić information content (AvgIpc) is 2.58. The first-order valence-electron chi connectivity index (χ1n) is 8.30. The van der Waals surface area contributed by atoms with Crippen LogP contribution < -0.4 is 0 Å². The van der Waals surface area contributed by atoms with Crippen molar-refractivity contribution in [2.45, 2.75) is 31.2 Å². The van der Waals surface area contributed by atoms with Crippen LogP contribution in [-0.4, -0.2) is 21.6 Å². The zero-order valence-corrected chi connectivity index (χ0v) is 15.6. The van der Waals surface area contributed by atoms with E-state index in [4.69, 9.17) is 11.6 Å². The van der Waals surface area contributed by atoms with Gasteiger partial charge in [-0.15, -0.1) is 11.8 Å². The highest BCUT2D eigenvalue weighted by molar-refractivity contribution is 7.99. The van der Waals surface area contributed by atoms with Gasteiger partial charge in [-0.3, -0.25) is 4.79 Å². The predicted molar refractivity (Wildman–Crippen MR) is 103 cm³/mol. The molecule has 3 nitrogen and oxygen atoms in total. The second kappa shape index (κ2) is 8.07. The Balaban J connectivity index is 1.63. The van der Waals surface area contributed by atoms with E-state index in [0.717, 1.165) is 22.8 Å². The third-order valence-electron chi connectivity index (χ3n) is 4.33. The third-order valence-corrected chi connectivity index (χ3v) is 5.63. The number of aromatic nitrogens is 1. The number of nitrogens with zero attached hydrogens (tertiary/aromatic N) is 1. The van der Waals surface area contributed by atoms with Crippen LogP contribution in [0, 0.1) is 12.8 Å². The van der Waals surface area contributed by atoms with Crippen LogP contribution in [0.3, 0.4) is 0 Å². The van der Waals surface area contributed by atoms with E-state index in [9.17, 15) is 9.90 Å². The average molecular weight is 374 g/mol. The molecule has 1 unspecified atom stereocenters. The van der Waals surface area contributed by atoms with Crippen molar-refractivity contribution in [2.24, 2.45) is 5.92 Å². The maximum Gasteiger partial charge on any atom is 0.167 e. The summed E-state index contributed by atoms with van der Waals surface area (Å²) in [5, 5.41) is 11.9. The first-order chi connectivity index (χ1) is 12.0. The molecule has 1 aliphatic rings. The first kappa shape index (κ1) is 18.0. The zero-order valence-electron chi connectivity index (χ0n) is 14.0. The highest BCUT2D eigenvalue weighted by Gasteiger charge is 2.29. The normalized spacial score (nSPS) is 17.8. The molecule has 0 bridgehead atoms. The number of carbonyl (C=O) groups is 1. The number of aliphatic hydroxyl groups excluding tert-OH is 1. The summed E-state index contributed by atoms with van der Waals surface area (Å²) in [6.45, 7) is 2.01. The molecule has 0 saturated carbocycles. The molecule has 0 spiro atoms. The van der Waals surface area contributed by atoms with E-state index in [1.807, 2.05) is 37.4 Å². The molecule has 0 fully saturated rings. The minimum absolute atomic E-state index is 0.0275. The number of rotatable bonds is 5. The first-order valence-corrected chi connectivity index (χ1v) is 9.66. The Bertz CT molecular complexity index is 802. The van der Waals surface area contributed by atoms with Gasteiger partial charge in [0.1, 0.15) is 5.76 Å². The molecule has 2 aromatic rings. The number of thioether (sulfide) groups is 1. The number of hydrogen-bond donors (Lipinski definition) is 1. The lowest BCUT2D eigenvalue weighted by molar-refractivity contribution is -0.115. The zero-order chi connectivity index (χ0) is 17.8. The van der Waals surface area contributed by atoms with Gasteiger partial charge in [-0.2, -0.15) is 0 Å². The summed E-state index contributed by atoms with van der Waals surface area (Å²) in [7, 11) is 0. The fourth-order valence-electron chi connectivity index (χ4n) is 3.02. The van der Waals surface area contributed by atoms with Gasteiger partial charge in [-0.1, -0.05) is 35.9 Å². The molecular weight excluding hydrogens is 354 g/mol. The summed E-state index contributed by atoms with van der Waals surface area (Å²) < 4.78 is 0. The highest BCUT2D eigenvalue weighted by atomic mass is 35.5. The van der Waals surface area contributed by atoms with Gasteiger partial charge in [0.2, 0.25) is 0 Å². The SMILES string of the molecule is Cc1ccc(SCCC2CC(=O)C(c3ccccc3Cl)=C(O)C2)nc1. The summed E-state index contributed by atoms with van der Waals surface area (Å²) in [6.07, 6.45) is 3.70. The standard InChI is InChI=1S/C20H20ClNO2S/c1-13-6-7-19(22-12-13)25-9-8-14-10-17(23)20(18(24)11-14)15-4-2-3-5-16(15)21/h2-7,12,14,23H,8-11H2,1H3. The van der Waals surface area contributed by atoms with Gasteiger partial charge in [-0.05, 0) is 42.7 Å². The van der Waals surface area contributed by atoms with Crippen molar-refractivity contribution in [3.8, 4) is 0 Å². The Labute approximate surface area is 157 Å². The minimum Gasteiger partial charge on any atom is -0.512 e. The van der Waals surface area contributed by atoms with Gasteiger partial charge < -0.3 is 5.11 Å². The van der Waals surface area contributed by atoms with Gasteiger partial charge in [0.15, 0.2) is 5.78 Å². The van der Waals surface area contributed by atoms with Crippen LogP contribution in [0.4, 0.5) is 0 Å². The van der Waals surface area contributed by atoms with Crippen molar-refractivity contribution < 1.29 is 9.90 Å². The number of carbonyl (C=O) groups excluding carboxylic acids is 1. The van der Waals surface area contributed by atoms with Crippen molar-refractivity contribution in [1.82, 2.24) is 4.98 Å². The number of Topliss-reactive ketones (excluding diaryl/α,β-unsaturated/α-hetero) is 1. The van der Waals surface area contributed by atoms with E-state index in [1.54, 1.807) is 23.9 Å². The van der Waals surface area contributed by atoms with Crippen LogP contribution in [0.1, 0.15) is 30.4 Å². The largest absolute Gasteiger partial charge is 0.512 e. The molecule has 1 aromatic carbocycles. The number of aryl methyl sites for hydroxylation is 1.